The fourth-order valence-corrected chi connectivity index (χ4v) is 3.26. The molecular weight excluding hydrogens is 284 g/mol. The van der Waals surface area contributed by atoms with Gasteiger partial charge in [0.15, 0.2) is 0 Å². The van der Waals surface area contributed by atoms with E-state index in [4.69, 9.17) is 16.3 Å². The van der Waals surface area contributed by atoms with Crippen LogP contribution in [0.5, 0.6) is 5.88 Å². The van der Waals surface area contributed by atoms with E-state index in [1.165, 1.54) is 32.1 Å². The van der Waals surface area contributed by atoms with E-state index in [-0.39, 0.29) is 0 Å². The highest BCUT2D eigenvalue weighted by atomic mass is 35.5. The normalized spacial score (nSPS) is 25.8. The van der Waals surface area contributed by atoms with Crippen molar-refractivity contribution in [1.82, 2.24) is 10.3 Å². The van der Waals surface area contributed by atoms with Gasteiger partial charge in [0, 0.05) is 24.8 Å². The van der Waals surface area contributed by atoms with Crippen molar-refractivity contribution in [2.24, 2.45) is 5.92 Å². The molecule has 0 bridgehead atoms. The van der Waals surface area contributed by atoms with Gasteiger partial charge >= 0.3 is 0 Å². The van der Waals surface area contributed by atoms with E-state index in [1.807, 2.05) is 6.07 Å². The zero-order valence-corrected chi connectivity index (χ0v) is 13.5. The summed E-state index contributed by atoms with van der Waals surface area (Å²) in [7, 11) is 0. The van der Waals surface area contributed by atoms with Crippen molar-refractivity contribution in [2.45, 2.75) is 70.6 Å². The lowest BCUT2D eigenvalue weighted by atomic mass is 9.85. The molecule has 2 unspecified atom stereocenters. The summed E-state index contributed by atoms with van der Waals surface area (Å²) in [6.07, 6.45) is 10.8. The predicted octanol–water partition coefficient (Wildman–Crippen LogP) is 4.33. The second kappa shape index (κ2) is 6.97. The standard InChI is InChI=1S/C17H25ClN2O/c1-2-12-4-3-5-15(8-12)21-17-9-13(16(18)11-20-17)10-19-14-6-7-14/h9,11-12,14-15,19H,2-8,10H2,1H3. The van der Waals surface area contributed by atoms with Crippen LogP contribution in [-0.4, -0.2) is 17.1 Å². The first kappa shape index (κ1) is 15.1. The molecule has 1 aromatic rings. The lowest BCUT2D eigenvalue weighted by molar-refractivity contribution is 0.117. The second-order valence-corrected chi connectivity index (χ2v) is 6.86. The number of pyridine rings is 1. The number of nitrogens with zero attached hydrogens (tertiary/aromatic N) is 1. The molecule has 1 N–H and O–H groups in total. The first-order valence-corrected chi connectivity index (χ1v) is 8.67. The fraction of sp³-hybridized carbons (Fsp3) is 0.706. The third kappa shape index (κ3) is 4.33. The van der Waals surface area contributed by atoms with Crippen molar-refractivity contribution >= 4 is 11.6 Å². The summed E-state index contributed by atoms with van der Waals surface area (Å²) in [5.74, 6) is 1.54. The Morgan fingerprint density at radius 2 is 2.19 bits per heavy atom. The Bertz CT molecular complexity index is 476. The van der Waals surface area contributed by atoms with E-state index < -0.39 is 0 Å². The van der Waals surface area contributed by atoms with Gasteiger partial charge in [0.05, 0.1) is 5.02 Å². The van der Waals surface area contributed by atoms with E-state index in [9.17, 15) is 0 Å². The van der Waals surface area contributed by atoms with Gasteiger partial charge in [0.25, 0.3) is 0 Å². The number of nitrogens with one attached hydrogen (secondary N) is 1. The van der Waals surface area contributed by atoms with Crippen LogP contribution in [0.25, 0.3) is 0 Å². The first-order chi connectivity index (χ1) is 10.2. The lowest BCUT2D eigenvalue weighted by Gasteiger charge is -2.28. The number of hydrogen-bond acceptors (Lipinski definition) is 3. The SMILES string of the molecule is CCC1CCCC(Oc2cc(CNC3CC3)c(Cl)cn2)C1. The molecule has 2 aliphatic carbocycles. The van der Waals surface area contributed by atoms with Crippen molar-refractivity contribution in [3.8, 4) is 5.88 Å². The Morgan fingerprint density at radius 3 is 2.95 bits per heavy atom. The molecule has 2 fully saturated rings. The molecule has 0 radical (unpaired) electrons. The van der Waals surface area contributed by atoms with Crippen LogP contribution in [0.3, 0.4) is 0 Å². The topological polar surface area (TPSA) is 34.1 Å². The van der Waals surface area contributed by atoms with Gasteiger partial charge in [0.2, 0.25) is 5.88 Å². The molecule has 4 heteroatoms. The van der Waals surface area contributed by atoms with Crippen molar-refractivity contribution < 1.29 is 4.74 Å². The number of rotatable bonds is 6. The molecule has 0 saturated heterocycles. The molecule has 3 nitrogen and oxygen atoms in total. The molecule has 2 aliphatic rings. The van der Waals surface area contributed by atoms with E-state index in [2.05, 4.69) is 17.2 Å². The minimum absolute atomic E-state index is 0.321. The summed E-state index contributed by atoms with van der Waals surface area (Å²) in [5, 5.41) is 4.22. The van der Waals surface area contributed by atoms with Gasteiger partial charge in [-0.05, 0) is 43.6 Å². The molecular formula is C17H25ClN2O. The van der Waals surface area contributed by atoms with E-state index >= 15 is 0 Å². The van der Waals surface area contributed by atoms with Crippen LogP contribution >= 0.6 is 11.6 Å². The Balaban J connectivity index is 1.60. The molecule has 3 rings (SSSR count). The van der Waals surface area contributed by atoms with Gasteiger partial charge in [-0.3, -0.25) is 0 Å². The molecule has 0 amide bonds. The summed E-state index contributed by atoms with van der Waals surface area (Å²) in [6, 6.07) is 2.69. The summed E-state index contributed by atoms with van der Waals surface area (Å²) in [5.41, 5.74) is 1.09. The third-order valence-electron chi connectivity index (χ3n) is 4.67. The zero-order valence-electron chi connectivity index (χ0n) is 12.8. The monoisotopic (exact) mass is 308 g/mol. The molecule has 116 valence electrons. The molecule has 1 heterocycles. The summed E-state index contributed by atoms with van der Waals surface area (Å²) in [4.78, 5) is 4.34. The maximum absolute atomic E-state index is 6.23. The number of aromatic nitrogens is 1. The van der Waals surface area contributed by atoms with Crippen molar-refractivity contribution in [2.75, 3.05) is 0 Å². The van der Waals surface area contributed by atoms with Crippen LogP contribution in [0, 0.1) is 5.92 Å². The number of ether oxygens (including phenoxy) is 1. The largest absolute Gasteiger partial charge is 0.474 e. The van der Waals surface area contributed by atoms with Gasteiger partial charge in [-0.1, -0.05) is 31.4 Å². The van der Waals surface area contributed by atoms with Crippen LogP contribution < -0.4 is 10.1 Å². The van der Waals surface area contributed by atoms with Crippen LogP contribution in [0.2, 0.25) is 5.02 Å². The number of halogens is 1. The summed E-state index contributed by atoms with van der Waals surface area (Å²) < 4.78 is 6.11. The summed E-state index contributed by atoms with van der Waals surface area (Å²) in [6.45, 7) is 3.08. The van der Waals surface area contributed by atoms with Gasteiger partial charge < -0.3 is 10.1 Å². The maximum Gasteiger partial charge on any atom is 0.213 e. The van der Waals surface area contributed by atoms with Crippen LogP contribution in [0.1, 0.15) is 57.4 Å². The average Bonchev–Trinajstić information content (AvgIpc) is 3.32. The predicted molar refractivity (Wildman–Crippen MR) is 85.8 cm³/mol. The van der Waals surface area contributed by atoms with Crippen LogP contribution in [0.15, 0.2) is 12.3 Å². The van der Waals surface area contributed by atoms with Crippen molar-refractivity contribution in [1.29, 1.82) is 0 Å². The maximum atomic E-state index is 6.23. The molecule has 0 spiro atoms. The zero-order chi connectivity index (χ0) is 14.7. The Morgan fingerprint density at radius 1 is 1.33 bits per heavy atom. The van der Waals surface area contributed by atoms with Crippen molar-refractivity contribution in [3.63, 3.8) is 0 Å². The van der Waals surface area contributed by atoms with Gasteiger partial charge in [-0.2, -0.15) is 0 Å². The van der Waals surface area contributed by atoms with Gasteiger partial charge in [-0.25, -0.2) is 4.98 Å². The highest BCUT2D eigenvalue weighted by molar-refractivity contribution is 6.31. The van der Waals surface area contributed by atoms with Gasteiger partial charge in [-0.15, -0.1) is 0 Å². The lowest BCUT2D eigenvalue weighted by Crippen LogP contribution is -2.25. The highest BCUT2D eigenvalue weighted by Gasteiger charge is 2.23. The van der Waals surface area contributed by atoms with Crippen LogP contribution in [-0.2, 0) is 6.54 Å². The minimum atomic E-state index is 0.321. The molecule has 1 aromatic heterocycles. The smallest absolute Gasteiger partial charge is 0.213 e. The third-order valence-corrected chi connectivity index (χ3v) is 5.01. The second-order valence-electron chi connectivity index (χ2n) is 6.45. The molecule has 2 saturated carbocycles. The Labute approximate surface area is 132 Å². The van der Waals surface area contributed by atoms with E-state index in [0.29, 0.717) is 12.1 Å². The molecule has 2 atom stereocenters. The highest BCUT2D eigenvalue weighted by Crippen LogP contribution is 2.30. The molecule has 21 heavy (non-hydrogen) atoms. The minimum Gasteiger partial charge on any atom is -0.474 e. The quantitative estimate of drug-likeness (QED) is 0.849. The Hall–Kier alpha value is -0.800. The van der Waals surface area contributed by atoms with E-state index in [0.717, 1.165) is 41.8 Å². The Kier molecular flexibility index (Phi) is 5.02. The van der Waals surface area contributed by atoms with E-state index in [1.54, 1.807) is 6.20 Å². The fourth-order valence-electron chi connectivity index (χ4n) is 3.09. The first-order valence-electron chi connectivity index (χ1n) is 8.29. The molecule has 0 aliphatic heterocycles. The summed E-state index contributed by atoms with van der Waals surface area (Å²) >= 11 is 6.23. The van der Waals surface area contributed by atoms with Crippen LogP contribution in [0.4, 0.5) is 0 Å². The van der Waals surface area contributed by atoms with Crippen molar-refractivity contribution in [3.05, 3.63) is 22.8 Å². The molecule has 0 aromatic carbocycles. The van der Waals surface area contributed by atoms with Gasteiger partial charge in [0.1, 0.15) is 6.10 Å². The number of hydrogen-bond donors (Lipinski definition) is 1. The average molecular weight is 309 g/mol.